The van der Waals surface area contributed by atoms with Gasteiger partial charge in [0.15, 0.2) is 0 Å². The van der Waals surface area contributed by atoms with Crippen LogP contribution in [-0.4, -0.2) is 22.4 Å². The predicted octanol–water partition coefficient (Wildman–Crippen LogP) is -0.117. The van der Waals surface area contributed by atoms with Crippen LogP contribution in [0.5, 0.6) is 0 Å². The number of hydrogen-bond donors (Lipinski definition) is 3. The van der Waals surface area contributed by atoms with E-state index in [2.05, 4.69) is 19.2 Å². The molecule has 0 aromatic heterocycles. The summed E-state index contributed by atoms with van der Waals surface area (Å²) in [7, 11) is 0. The van der Waals surface area contributed by atoms with Crippen molar-refractivity contribution in [3.05, 3.63) is 12.7 Å². The molecule has 3 nitrogen and oxygen atoms in total. The van der Waals surface area contributed by atoms with Gasteiger partial charge in [-0.1, -0.05) is 6.08 Å². The molecule has 0 fully saturated rings. The van der Waals surface area contributed by atoms with Crippen molar-refractivity contribution in [2.45, 2.75) is 11.3 Å². The molecule has 0 spiro atoms. The van der Waals surface area contributed by atoms with Gasteiger partial charge in [-0.15, -0.1) is 6.58 Å². The molecule has 0 heterocycles. The summed E-state index contributed by atoms with van der Waals surface area (Å²) in [5, 5.41) is 7.79. The third-order valence-corrected chi connectivity index (χ3v) is 1.43. The standard InChI is InChI=1S/C5H9NO2S/c1-2-3(9)4(6)5(7)8/h2-4,9H,1,6H2,(H,7,8). The smallest absolute Gasteiger partial charge is 0.321 e. The molecule has 0 aliphatic rings. The monoisotopic (exact) mass is 147 g/mol. The van der Waals surface area contributed by atoms with Crippen LogP contribution in [0.2, 0.25) is 0 Å². The molecular weight excluding hydrogens is 138 g/mol. The van der Waals surface area contributed by atoms with Crippen LogP contribution in [0.15, 0.2) is 12.7 Å². The van der Waals surface area contributed by atoms with Crippen LogP contribution in [0.4, 0.5) is 0 Å². The van der Waals surface area contributed by atoms with Crippen molar-refractivity contribution < 1.29 is 9.90 Å². The van der Waals surface area contributed by atoms with Crippen molar-refractivity contribution in [3.8, 4) is 0 Å². The molecule has 2 unspecified atom stereocenters. The second kappa shape index (κ2) is 3.53. The first-order valence-corrected chi connectivity index (χ1v) is 2.90. The number of carboxylic acid groups (broad SMARTS) is 1. The lowest BCUT2D eigenvalue weighted by Crippen LogP contribution is -2.37. The van der Waals surface area contributed by atoms with Crippen molar-refractivity contribution in [2.24, 2.45) is 5.73 Å². The molecule has 0 aromatic rings. The number of carbonyl (C=O) groups is 1. The maximum atomic E-state index is 10.1. The van der Waals surface area contributed by atoms with Crippen molar-refractivity contribution >= 4 is 18.6 Å². The number of aliphatic carboxylic acids is 1. The quantitative estimate of drug-likeness (QED) is 0.385. The molecule has 0 bridgehead atoms. The fourth-order valence-corrected chi connectivity index (χ4v) is 0.420. The average Bonchev–Trinajstić information content (AvgIpc) is 1.84. The fourth-order valence-electron chi connectivity index (χ4n) is 0.293. The first kappa shape index (κ1) is 8.52. The Morgan fingerprint density at radius 2 is 2.33 bits per heavy atom. The Morgan fingerprint density at radius 1 is 1.89 bits per heavy atom. The highest BCUT2D eigenvalue weighted by atomic mass is 32.1. The number of rotatable bonds is 3. The van der Waals surface area contributed by atoms with E-state index in [-0.39, 0.29) is 0 Å². The van der Waals surface area contributed by atoms with Gasteiger partial charge in [-0.2, -0.15) is 12.6 Å². The summed E-state index contributed by atoms with van der Waals surface area (Å²) >= 11 is 3.84. The lowest BCUT2D eigenvalue weighted by atomic mass is 10.2. The summed E-state index contributed by atoms with van der Waals surface area (Å²) < 4.78 is 0. The number of thiol groups is 1. The Kier molecular flexibility index (Phi) is 3.34. The summed E-state index contributed by atoms with van der Waals surface area (Å²) in [6, 6.07) is -0.953. The Balaban J connectivity index is 3.86. The average molecular weight is 147 g/mol. The lowest BCUT2D eigenvalue weighted by molar-refractivity contribution is -0.138. The maximum absolute atomic E-state index is 10.1. The first-order chi connectivity index (χ1) is 4.09. The van der Waals surface area contributed by atoms with Crippen molar-refractivity contribution in [3.63, 3.8) is 0 Å². The van der Waals surface area contributed by atoms with E-state index in [4.69, 9.17) is 10.8 Å². The van der Waals surface area contributed by atoms with Gasteiger partial charge in [-0.25, -0.2) is 0 Å². The second-order valence-corrected chi connectivity index (χ2v) is 2.19. The summed E-state index contributed by atoms with van der Waals surface area (Å²) in [4.78, 5) is 10.1. The van der Waals surface area contributed by atoms with Crippen LogP contribution in [0.3, 0.4) is 0 Å². The molecule has 0 aromatic carbocycles. The molecule has 0 aliphatic carbocycles. The van der Waals surface area contributed by atoms with Crippen LogP contribution in [0, 0.1) is 0 Å². The Morgan fingerprint density at radius 3 is 2.44 bits per heavy atom. The molecule has 0 saturated heterocycles. The van der Waals surface area contributed by atoms with Crippen molar-refractivity contribution in [2.75, 3.05) is 0 Å². The minimum Gasteiger partial charge on any atom is -0.480 e. The van der Waals surface area contributed by atoms with Gasteiger partial charge < -0.3 is 10.8 Å². The Bertz CT molecular complexity index is 126. The molecule has 0 rings (SSSR count). The van der Waals surface area contributed by atoms with Crippen LogP contribution in [0.1, 0.15) is 0 Å². The molecule has 0 amide bonds. The van der Waals surface area contributed by atoms with E-state index < -0.39 is 17.3 Å². The Labute approximate surface area is 59.0 Å². The normalized spacial score (nSPS) is 16.2. The predicted molar refractivity (Wildman–Crippen MR) is 38.6 cm³/mol. The van der Waals surface area contributed by atoms with Crippen LogP contribution in [0.25, 0.3) is 0 Å². The summed E-state index contributed by atoms with van der Waals surface area (Å²) in [5.41, 5.74) is 5.12. The van der Waals surface area contributed by atoms with Gasteiger partial charge in [-0.3, -0.25) is 4.79 Å². The van der Waals surface area contributed by atoms with E-state index in [0.29, 0.717) is 0 Å². The van der Waals surface area contributed by atoms with Crippen LogP contribution < -0.4 is 5.73 Å². The zero-order chi connectivity index (χ0) is 7.44. The molecule has 4 heteroatoms. The largest absolute Gasteiger partial charge is 0.480 e. The molecule has 0 aliphatic heterocycles. The van der Waals surface area contributed by atoms with E-state index in [0.717, 1.165) is 0 Å². The fraction of sp³-hybridized carbons (Fsp3) is 0.400. The molecule has 52 valence electrons. The van der Waals surface area contributed by atoms with Gasteiger partial charge in [0.05, 0.1) is 0 Å². The van der Waals surface area contributed by atoms with E-state index >= 15 is 0 Å². The third-order valence-electron chi connectivity index (χ3n) is 0.895. The molecule has 0 radical (unpaired) electrons. The molecule has 0 saturated carbocycles. The highest BCUT2D eigenvalue weighted by Gasteiger charge is 2.16. The lowest BCUT2D eigenvalue weighted by Gasteiger charge is -2.08. The third kappa shape index (κ3) is 2.53. The van der Waals surface area contributed by atoms with Gasteiger partial charge in [0.25, 0.3) is 0 Å². The molecule has 3 N–H and O–H groups in total. The van der Waals surface area contributed by atoms with Gasteiger partial charge in [0.1, 0.15) is 6.04 Å². The summed E-state index contributed by atoms with van der Waals surface area (Å²) in [6.07, 6.45) is 1.39. The summed E-state index contributed by atoms with van der Waals surface area (Å²) in [6.45, 7) is 3.34. The first-order valence-electron chi connectivity index (χ1n) is 2.38. The minimum absolute atomic E-state index is 0.470. The van der Waals surface area contributed by atoms with Gasteiger partial charge in [0.2, 0.25) is 0 Å². The second-order valence-electron chi connectivity index (χ2n) is 1.59. The van der Waals surface area contributed by atoms with Crippen molar-refractivity contribution in [1.82, 2.24) is 0 Å². The number of carboxylic acids is 1. The van der Waals surface area contributed by atoms with Crippen LogP contribution >= 0.6 is 12.6 Å². The van der Waals surface area contributed by atoms with Gasteiger partial charge >= 0.3 is 5.97 Å². The van der Waals surface area contributed by atoms with Crippen LogP contribution in [-0.2, 0) is 4.79 Å². The van der Waals surface area contributed by atoms with E-state index in [1.54, 1.807) is 0 Å². The van der Waals surface area contributed by atoms with E-state index in [9.17, 15) is 4.79 Å². The zero-order valence-electron chi connectivity index (χ0n) is 4.82. The summed E-state index contributed by atoms with van der Waals surface area (Å²) in [5.74, 6) is -1.06. The molecule has 9 heavy (non-hydrogen) atoms. The van der Waals surface area contributed by atoms with Crippen molar-refractivity contribution in [1.29, 1.82) is 0 Å². The topological polar surface area (TPSA) is 63.3 Å². The van der Waals surface area contributed by atoms with E-state index in [1.807, 2.05) is 0 Å². The van der Waals surface area contributed by atoms with Gasteiger partial charge in [-0.05, 0) is 0 Å². The molecular formula is C5H9NO2S. The number of nitrogens with two attached hydrogens (primary N) is 1. The highest BCUT2D eigenvalue weighted by Crippen LogP contribution is 1.99. The maximum Gasteiger partial charge on any atom is 0.321 e. The zero-order valence-corrected chi connectivity index (χ0v) is 5.71. The SMILES string of the molecule is C=CC(S)C(N)C(=O)O. The van der Waals surface area contributed by atoms with Gasteiger partial charge in [0, 0.05) is 5.25 Å². The number of hydrogen-bond acceptors (Lipinski definition) is 3. The van der Waals surface area contributed by atoms with E-state index in [1.165, 1.54) is 6.08 Å². The molecule has 2 atom stereocenters. The minimum atomic E-state index is -1.06. The Hall–Kier alpha value is -0.480. The highest BCUT2D eigenvalue weighted by molar-refractivity contribution is 7.81.